The minimum Gasteiger partial charge on any atom is -0.478 e. The smallest absolute Gasteiger partial charge is 0.337 e. The summed E-state index contributed by atoms with van der Waals surface area (Å²) >= 11 is 6.13. The van der Waals surface area contributed by atoms with Crippen molar-refractivity contribution in [3.8, 4) is 11.3 Å². The molecule has 6 nitrogen and oxygen atoms in total. The third-order valence-electron chi connectivity index (χ3n) is 5.11. The van der Waals surface area contributed by atoms with E-state index in [0.29, 0.717) is 12.2 Å². The molecule has 7 heteroatoms. The minimum absolute atomic E-state index is 0.0721. The van der Waals surface area contributed by atoms with Crippen LogP contribution >= 0.6 is 11.6 Å². The maximum absolute atomic E-state index is 11.2. The number of aromatic nitrogens is 1. The molecule has 0 aliphatic carbocycles. The van der Waals surface area contributed by atoms with Crippen molar-refractivity contribution in [1.82, 2.24) is 10.5 Å². The fourth-order valence-electron chi connectivity index (χ4n) is 3.58. The summed E-state index contributed by atoms with van der Waals surface area (Å²) in [5.74, 6) is -0.289. The second-order valence-electron chi connectivity index (χ2n) is 7.07. The van der Waals surface area contributed by atoms with Crippen molar-refractivity contribution in [3.05, 3.63) is 88.9 Å². The number of hydrazine groups is 2. The summed E-state index contributed by atoms with van der Waals surface area (Å²) in [6.45, 7) is 0.625. The largest absolute Gasteiger partial charge is 0.478 e. The van der Waals surface area contributed by atoms with Crippen LogP contribution in [0.5, 0.6) is 0 Å². The molecule has 0 spiro atoms. The first-order valence-electron chi connectivity index (χ1n) is 9.40. The number of hydrogen-bond acceptors (Lipinski definition) is 5. The summed E-state index contributed by atoms with van der Waals surface area (Å²) in [7, 11) is 0. The normalized spacial score (nSPS) is 12.6. The van der Waals surface area contributed by atoms with E-state index in [2.05, 4.69) is 41.3 Å². The first-order valence-corrected chi connectivity index (χ1v) is 9.77. The molecule has 0 saturated heterocycles. The average molecular weight is 417 g/mol. The topological polar surface area (TPSA) is 77.5 Å². The van der Waals surface area contributed by atoms with E-state index >= 15 is 0 Å². The van der Waals surface area contributed by atoms with Crippen molar-refractivity contribution in [2.24, 2.45) is 0 Å². The van der Waals surface area contributed by atoms with E-state index in [1.807, 2.05) is 29.3 Å². The fraction of sp³-hybridized carbons (Fsp3) is 0.0435. The SMILES string of the molecule is O=C(O)c1ccc(-c2ccc3c(n2)N(Cc2ccc4ccccc4c2)NN3)cc1Cl. The zero-order valence-corrected chi connectivity index (χ0v) is 16.5. The Hall–Kier alpha value is -3.61. The van der Waals surface area contributed by atoms with Gasteiger partial charge in [-0.1, -0.05) is 54.1 Å². The molecule has 30 heavy (non-hydrogen) atoms. The highest BCUT2D eigenvalue weighted by molar-refractivity contribution is 6.33. The van der Waals surface area contributed by atoms with Gasteiger partial charge < -0.3 is 10.5 Å². The number of aromatic carboxylic acids is 1. The quantitative estimate of drug-likeness (QED) is 0.429. The molecule has 1 aliphatic rings. The van der Waals surface area contributed by atoms with Gasteiger partial charge in [-0.15, -0.1) is 5.53 Å². The molecule has 3 aromatic carbocycles. The second kappa shape index (κ2) is 7.33. The molecule has 0 bridgehead atoms. The van der Waals surface area contributed by atoms with Crippen LogP contribution in [-0.4, -0.2) is 16.1 Å². The van der Waals surface area contributed by atoms with Gasteiger partial charge in [-0.25, -0.2) is 9.78 Å². The summed E-state index contributed by atoms with van der Waals surface area (Å²) in [6, 6.07) is 23.3. The highest BCUT2D eigenvalue weighted by Crippen LogP contribution is 2.32. The van der Waals surface area contributed by atoms with E-state index < -0.39 is 5.97 Å². The van der Waals surface area contributed by atoms with Crippen LogP contribution in [0.15, 0.2) is 72.8 Å². The van der Waals surface area contributed by atoms with Crippen LogP contribution in [0.25, 0.3) is 22.0 Å². The van der Waals surface area contributed by atoms with Gasteiger partial charge in [0.15, 0.2) is 5.82 Å². The summed E-state index contributed by atoms with van der Waals surface area (Å²) in [4.78, 5) is 16.0. The standard InChI is InChI=1S/C23H17ClN4O2/c24-19-12-17(7-8-18(19)23(29)30)20-9-10-21-22(25-20)28(27-26-21)13-14-5-6-15-3-1-2-4-16(15)11-14/h1-12,26-27H,13H2,(H,29,30). The Kier molecular flexibility index (Phi) is 4.50. The number of benzene rings is 3. The van der Waals surface area contributed by atoms with Crippen molar-refractivity contribution in [3.63, 3.8) is 0 Å². The summed E-state index contributed by atoms with van der Waals surface area (Å²) in [6.07, 6.45) is 0. The van der Waals surface area contributed by atoms with Gasteiger partial charge >= 0.3 is 5.97 Å². The van der Waals surface area contributed by atoms with Gasteiger partial charge in [0.2, 0.25) is 0 Å². The molecule has 148 valence electrons. The molecule has 3 N–H and O–H groups in total. The number of nitrogens with zero attached hydrogens (tertiary/aromatic N) is 2. The zero-order chi connectivity index (χ0) is 20.7. The predicted octanol–water partition coefficient (Wildman–Crippen LogP) is 5.11. The highest BCUT2D eigenvalue weighted by Gasteiger charge is 2.21. The van der Waals surface area contributed by atoms with Gasteiger partial charge in [-0.3, -0.25) is 5.01 Å². The number of carboxylic acid groups (broad SMARTS) is 1. The van der Waals surface area contributed by atoms with Gasteiger partial charge in [0.1, 0.15) is 0 Å². The summed E-state index contributed by atoms with van der Waals surface area (Å²) < 4.78 is 0. The Morgan fingerprint density at radius 2 is 1.83 bits per heavy atom. The average Bonchev–Trinajstić information content (AvgIpc) is 3.15. The third-order valence-corrected chi connectivity index (χ3v) is 5.42. The Morgan fingerprint density at radius 3 is 2.63 bits per heavy atom. The molecule has 1 aromatic heterocycles. The van der Waals surface area contributed by atoms with E-state index in [0.717, 1.165) is 22.6 Å². The number of halogens is 1. The number of pyridine rings is 1. The molecule has 0 fully saturated rings. The van der Waals surface area contributed by atoms with Crippen molar-refractivity contribution in [1.29, 1.82) is 0 Å². The second-order valence-corrected chi connectivity index (χ2v) is 7.48. The molecule has 5 rings (SSSR count). The van der Waals surface area contributed by atoms with Gasteiger partial charge in [0.25, 0.3) is 0 Å². The van der Waals surface area contributed by atoms with Gasteiger partial charge in [-0.05, 0) is 46.7 Å². The number of nitrogens with one attached hydrogen (secondary N) is 2. The Labute approximate surface area is 177 Å². The van der Waals surface area contributed by atoms with Crippen molar-refractivity contribution in [2.75, 3.05) is 10.4 Å². The van der Waals surface area contributed by atoms with Crippen molar-refractivity contribution >= 4 is 39.8 Å². The molecule has 0 unspecified atom stereocenters. The lowest BCUT2D eigenvalue weighted by Gasteiger charge is -2.18. The van der Waals surface area contributed by atoms with Gasteiger partial charge in [-0.2, -0.15) is 0 Å². The van der Waals surface area contributed by atoms with Crippen LogP contribution in [0.4, 0.5) is 11.5 Å². The number of carbonyl (C=O) groups is 1. The minimum atomic E-state index is -1.05. The van der Waals surface area contributed by atoms with Crippen molar-refractivity contribution in [2.45, 2.75) is 6.54 Å². The van der Waals surface area contributed by atoms with Crippen LogP contribution in [0.1, 0.15) is 15.9 Å². The predicted molar refractivity (Wildman–Crippen MR) is 119 cm³/mol. The lowest BCUT2D eigenvalue weighted by molar-refractivity contribution is 0.0697. The lowest BCUT2D eigenvalue weighted by Crippen LogP contribution is -2.35. The molecule has 4 aromatic rings. The number of fused-ring (bicyclic) bond motifs is 2. The van der Waals surface area contributed by atoms with Crippen LogP contribution in [0, 0.1) is 0 Å². The van der Waals surface area contributed by atoms with Crippen LogP contribution in [-0.2, 0) is 6.54 Å². The summed E-state index contributed by atoms with van der Waals surface area (Å²) in [5.41, 5.74) is 9.84. The van der Waals surface area contributed by atoms with E-state index in [1.54, 1.807) is 12.1 Å². The molecule has 1 aliphatic heterocycles. The summed E-state index contributed by atoms with van der Waals surface area (Å²) in [5, 5.41) is 13.7. The van der Waals surface area contributed by atoms with Crippen molar-refractivity contribution < 1.29 is 9.90 Å². The molecular weight excluding hydrogens is 400 g/mol. The Morgan fingerprint density at radius 1 is 1.00 bits per heavy atom. The van der Waals surface area contributed by atoms with E-state index in [-0.39, 0.29) is 10.6 Å². The van der Waals surface area contributed by atoms with Crippen LogP contribution < -0.4 is 16.0 Å². The third kappa shape index (κ3) is 3.32. The molecule has 0 radical (unpaired) electrons. The van der Waals surface area contributed by atoms with Gasteiger partial charge in [0, 0.05) is 5.56 Å². The Bertz CT molecular complexity index is 1290. The monoisotopic (exact) mass is 416 g/mol. The van der Waals surface area contributed by atoms with E-state index in [1.165, 1.54) is 16.8 Å². The number of carboxylic acids is 1. The number of anilines is 2. The fourth-order valence-corrected chi connectivity index (χ4v) is 3.84. The Balaban J connectivity index is 1.45. The van der Waals surface area contributed by atoms with Crippen LogP contribution in [0.3, 0.4) is 0 Å². The first kappa shape index (κ1) is 18.4. The molecule has 0 saturated carbocycles. The van der Waals surface area contributed by atoms with E-state index in [4.69, 9.17) is 16.6 Å². The molecule has 0 atom stereocenters. The molecular formula is C23H17ClN4O2. The van der Waals surface area contributed by atoms with Crippen LogP contribution in [0.2, 0.25) is 5.02 Å². The van der Waals surface area contributed by atoms with E-state index in [9.17, 15) is 9.90 Å². The van der Waals surface area contributed by atoms with Gasteiger partial charge in [0.05, 0.1) is 28.5 Å². The number of rotatable bonds is 4. The maximum atomic E-state index is 11.2. The first-order chi connectivity index (χ1) is 14.6. The maximum Gasteiger partial charge on any atom is 0.337 e. The number of hydrogen-bond donors (Lipinski definition) is 3. The molecule has 0 amide bonds. The molecule has 2 heterocycles. The lowest BCUT2D eigenvalue weighted by atomic mass is 10.1. The zero-order valence-electron chi connectivity index (χ0n) is 15.8. The highest BCUT2D eigenvalue weighted by atomic mass is 35.5.